The summed E-state index contributed by atoms with van der Waals surface area (Å²) in [7, 11) is 0. The maximum absolute atomic E-state index is 13.4. The number of anilines is 1. The van der Waals surface area contributed by atoms with Gasteiger partial charge in [-0.2, -0.15) is 21.0 Å². The number of rotatable bonds is 12. The highest BCUT2D eigenvalue weighted by Gasteiger charge is 2.42. The minimum Gasteiger partial charge on any atom is -0.363 e. The van der Waals surface area contributed by atoms with Crippen molar-refractivity contribution in [2.75, 3.05) is 90.1 Å². The van der Waals surface area contributed by atoms with Crippen molar-refractivity contribution in [3.05, 3.63) is 218 Å². The number of piperazine rings is 1. The second kappa shape index (κ2) is 34.3. The van der Waals surface area contributed by atoms with E-state index in [-0.39, 0.29) is 59.8 Å². The van der Waals surface area contributed by atoms with Crippen LogP contribution in [-0.2, 0) is 35.8 Å². The zero-order chi connectivity index (χ0) is 74.5. The highest BCUT2D eigenvalue weighted by molar-refractivity contribution is 5.87. The van der Waals surface area contributed by atoms with Crippen LogP contribution in [0.3, 0.4) is 0 Å². The molecular formula is C80H95N23O4. The van der Waals surface area contributed by atoms with Gasteiger partial charge in [0.15, 0.2) is 0 Å². The first-order valence-electron chi connectivity index (χ1n) is 37.5. The second-order valence-electron chi connectivity index (χ2n) is 28.9. The maximum Gasteiger partial charge on any atom is 0.335 e. The van der Waals surface area contributed by atoms with E-state index in [9.17, 15) is 40.2 Å². The molecule has 0 spiro atoms. The van der Waals surface area contributed by atoms with E-state index >= 15 is 0 Å². The van der Waals surface area contributed by atoms with E-state index in [1.165, 1.54) is 4.40 Å². The summed E-state index contributed by atoms with van der Waals surface area (Å²) in [6.45, 7) is 11.6. The van der Waals surface area contributed by atoms with E-state index in [0.717, 1.165) is 187 Å². The number of carbonyl (C=O) groups excluding carboxylic acids is 3. The van der Waals surface area contributed by atoms with E-state index in [1.807, 2.05) is 107 Å². The third kappa shape index (κ3) is 16.9. The fourth-order valence-electron chi connectivity index (χ4n) is 16.0. The first-order chi connectivity index (χ1) is 52.2. The summed E-state index contributed by atoms with van der Waals surface area (Å²) in [5.41, 5.74) is 31.9. The molecule has 2 unspecified atom stereocenters. The Balaban J connectivity index is 0.000000126. The quantitative estimate of drug-likeness (QED) is 0.0980. The van der Waals surface area contributed by atoms with Gasteiger partial charge in [-0.3, -0.25) is 43.1 Å². The van der Waals surface area contributed by atoms with Gasteiger partial charge in [-0.25, -0.2) is 14.6 Å². The molecule has 2 aromatic heterocycles. The highest BCUT2D eigenvalue weighted by atomic mass is 16.2. The number of urea groups is 1. The fourth-order valence-corrected chi connectivity index (χ4v) is 16.0. The number of fused-ring (bicyclic) bond motifs is 4. The maximum atomic E-state index is 13.4. The lowest BCUT2D eigenvalue weighted by Gasteiger charge is -2.47. The molecule has 6 atom stereocenters. The summed E-state index contributed by atoms with van der Waals surface area (Å²) in [6.07, 6.45) is 24.4. The Morgan fingerprint density at radius 2 is 0.953 bits per heavy atom. The number of nitrogens with two attached hydrogens (primary N) is 4. The molecule has 6 fully saturated rings. The molecule has 12 heterocycles. The van der Waals surface area contributed by atoms with E-state index < -0.39 is 0 Å². The fraction of sp³-hybridized carbons (Fsp3) is 0.425. The summed E-state index contributed by atoms with van der Waals surface area (Å²) < 4.78 is 3.24. The molecule has 16 rings (SSSR count). The van der Waals surface area contributed by atoms with Crippen LogP contribution in [0, 0.1) is 45.3 Å². The van der Waals surface area contributed by atoms with Crippen molar-refractivity contribution in [3.63, 3.8) is 0 Å². The monoisotopic (exact) mass is 1440 g/mol. The molecule has 4 aromatic carbocycles. The van der Waals surface area contributed by atoms with E-state index in [0.29, 0.717) is 73.8 Å². The number of aliphatic imine (C=N–C) groups is 1. The Hall–Kier alpha value is -11.3. The van der Waals surface area contributed by atoms with Gasteiger partial charge in [-0.05, 0) is 123 Å². The van der Waals surface area contributed by atoms with Crippen LogP contribution in [0.4, 0.5) is 10.6 Å². The van der Waals surface area contributed by atoms with Gasteiger partial charge < -0.3 is 57.7 Å². The summed E-state index contributed by atoms with van der Waals surface area (Å²) in [5.74, 6) is 3.75. The third-order valence-corrected chi connectivity index (χ3v) is 21.6. The molecule has 554 valence electrons. The molecule has 27 heteroatoms. The summed E-state index contributed by atoms with van der Waals surface area (Å²) >= 11 is 0. The van der Waals surface area contributed by atoms with Crippen LogP contribution in [-0.4, -0.2) is 204 Å². The minimum atomic E-state index is -0.185. The van der Waals surface area contributed by atoms with Crippen LogP contribution in [0.2, 0.25) is 0 Å². The van der Waals surface area contributed by atoms with E-state index in [2.05, 4.69) is 81.4 Å². The number of likely N-dealkylation sites (tertiary alicyclic amines) is 3. The van der Waals surface area contributed by atoms with Crippen molar-refractivity contribution in [1.82, 2.24) is 63.4 Å². The Labute approximate surface area is 624 Å². The average Bonchev–Trinajstić information content (AvgIpc) is 1.74. The molecule has 0 saturated carbocycles. The summed E-state index contributed by atoms with van der Waals surface area (Å²) in [6, 6.07) is 40.7. The van der Waals surface area contributed by atoms with Crippen molar-refractivity contribution in [2.45, 2.75) is 133 Å². The van der Waals surface area contributed by atoms with Crippen LogP contribution >= 0.6 is 0 Å². The molecule has 0 aliphatic carbocycles. The molecule has 0 bridgehead atoms. The molecule has 9 N–H and O–H groups in total. The molecule has 4 amide bonds. The number of hydrogen-bond donors (Lipinski definition) is 5. The van der Waals surface area contributed by atoms with Crippen LogP contribution < -0.4 is 38.8 Å². The number of imidazole rings is 1. The number of nitriles is 4. The normalized spacial score (nSPS) is 22.8. The van der Waals surface area contributed by atoms with Gasteiger partial charge in [-0.15, -0.1) is 0 Å². The SMILES string of the molecule is N#Cc1ccccc1CN1C(=O)C2CCCCN2C=C1N1CCC[C@@H](N)C1.N#Cc1ccccc1CN1C(=O)C2CNCCN2C=C1N1CCC[C@@H](N)C1.N#Cc1ccccc1CN1C(=O)N2CN=CC=C2C=C1N1CCC[C@@H](N)C1.N#Cc1ccccc1Cn1c(N2CCC[C@@H](N)C2)cc2nccn2c1=O. The van der Waals surface area contributed by atoms with Gasteiger partial charge in [0, 0.05) is 146 Å². The minimum absolute atomic E-state index is 0.0739. The number of benzene rings is 4. The van der Waals surface area contributed by atoms with Crippen molar-refractivity contribution < 1.29 is 14.4 Å². The molecule has 0 radical (unpaired) electrons. The zero-order valence-electron chi connectivity index (χ0n) is 60.6. The van der Waals surface area contributed by atoms with Crippen LogP contribution in [0.25, 0.3) is 5.65 Å². The number of allylic oxidation sites excluding steroid dienone is 2. The number of piperidine rings is 5. The molecular weight excluding hydrogens is 1350 g/mol. The summed E-state index contributed by atoms with van der Waals surface area (Å²) in [5, 5.41) is 41.0. The Bertz CT molecular complexity index is 4510. The van der Waals surface area contributed by atoms with Crippen LogP contribution in [0.5, 0.6) is 0 Å². The number of carbonyl (C=O) groups is 3. The molecule has 107 heavy (non-hydrogen) atoms. The van der Waals surface area contributed by atoms with Crippen molar-refractivity contribution in [3.8, 4) is 24.3 Å². The third-order valence-electron chi connectivity index (χ3n) is 21.6. The zero-order valence-corrected chi connectivity index (χ0v) is 60.6. The summed E-state index contributed by atoms with van der Waals surface area (Å²) in [4.78, 5) is 81.9. The first-order valence-corrected chi connectivity index (χ1v) is 37.5. The van der Waals surface area contributed by atoms with Gasteiger partial charge in [0.25, 0.3) is 11.8 Å². The van der Waals surface area contributed by atoms with Gasteiger partial charge >= 0.3 is 11.7 Å². The number of nitrogens with zero attached hydrogens (tertiary/aromatic N) is 18. The Kier molecular flexibility index (Phi) is 23.7. The van der Waals surface area contributed by atoms with Crippen molar-refractivity contribution in [2.24, 2.45) is 27.9 Å². The molecule has 10 aliphatic rings. The molecule has 10 aliphatic heterocycles. The van der Waals surface area contributed by atoms with Crippen LogP contribution in [0.15, 0.2) is 173 Å². The molecule has 6 aromatic rings. The first kappa shape index (κ1) is 74.0. The van der Waals surface area contributed by atoms with E-state index in [1.54, 1.807) is 51.2 Å². The molecule has 6 saturated heterocycles. The Morgan fingerprint density at radius 1 is 0.495 bits per heavy atom. The number of amides is 4. The smallest absolute Gasteiger partial charge is 0.335 e. The number of nitrogens with one attached hydrogen (secondary N) is 1. The van der Waals surface area contributed by atoms with Gasteiger partial charge in [0.05, 0.1) is 78.4 Å². The Morgan fingerprint density at radius 3 is 1.47 bits per heavy atom. The number of aromatic nitrogens is 3. The van der Waals surface area contributed by atoms with Gasteiger partial charge in [-0.1, -0.05) is 72.8 Å². The standard InChI is InChI=1S/C21H27N5O.C20H22N6O.C20H26N6O.C19H20N6O/c22-12-16-6-1-2-7-17(16)13-26-20(25-11-5-8-18(23)14-25)15-24-10-4-3-9-19(24)21(26)27;21-11-15-4-1-2-5-16(15)12-25-19(24-9-3-6-17(22)13-24)10-18-7-8-23-14-26(18)20(25)27;21-10-15-4-1-2-5-16(15)12-26-19(25-8-3-6-17(22)13-25)14-24-9-7-23-11-18(24)20(26)27;20-11-14-4-1-2-5-15(14)12-25-18(23-8-3-6-16(21)13-23)10-17-22-7-9-24(17)19(25)26/h1-2,6-7,15,18-19H,3-5,8-11,13-14,23H2;1-2,4-5,7-8,10,17H,3,6,9,12-14,22H2;1-2,4-5,14,17-18,23H,3,6-9,11-13,22H2;1-2,4-5,7,9-10,16H,3,6,8,12-13,21H2/t18-,19?;17-;17-,18?;16-/m1111/s1. The van der Waals surface area contributed by atoms with Gasteiger partial charge in [0.2, 0.25) is 0 Å². The van der Waals surface area contributed by atoms with Crippen LogP contribution in [0.1, 0.15) is 115 Å². The van der Waals surface area contributed by atoms with Crippen molar-refractivity contribution >= 4 is 35.5 Å². The van der Waals surface area contributed by atoms with Crippen molar-refractivity contribution in [1.29, 1.82) is 21.0 Å². The number of hydrogen-bond acceptors (Lipinski definition) is 21. The molecule has 27 nitrogen and oxygen atoms in total. The topological polar surface area (TPSA) is 347 Å². The predicted octanol–water partition coefficient (Wildman–Crippen LogP) is 5.70. The lowest BCUT2D eigenvalue weighted by atomic mass is 9.98. The lowest BCUT2D eigenvalue weighted by molar-refractivity contribution is -0.140. The lowest BCUT2D eigenvalue weighted by Crippen LogP contribution is -2.61. The van der Waals surface area contributed by atoms with Gasteiger partial charge in [0.1, 0.15) is 47.7 Å². The second-order valence-corrected chi connectivity index (χ2v) is 28.9. The van der Waals surface area contributed by atoms with E-state index in [4.69, 9.17) is 22.9 Å². The predicted molar refractivity (Wildman–Crippen MR) is 406 cm³/mol. The highest BCUT2D eigenvalue weighted by Crippen LogP contribution is 2.34. The average molecular weight is 1440 g/mol. The largest absolute Gasteiger partial charge is 0.363 e.